The third-order valence-electron chi connectivity index (χ3n) is 2.26. The number of nitrogens with zero attached hydrogens (tertiary/aromatic N) is 3. The highest BCUT2D eigenvalue weighted by Crippen LogP contribution is 2.24. The van der Waals surface area contributed by atoms with Gasteiger partial charge in [0.15, 0.2) is 5.16 Å². The Morgan fingerprint density at radius 1 is 1.38 bits per heavy atom. The second kappa shape index (κ2) is 4.67. The third-order valence-corrected chi connectivity index (χ3v) is 3.28. The van der Waals surface area contributed by atoms with E-state index in [1.165, 1.54) is 0 Å². The molecule has 0 fully saturated rings. The van der Waals surface area contributed by atoms with Gasteiger partial charge in [0.25, 0.3) is 0 Å². The van der Waals surface area contributed by atoms with Crippen molar-refractivity contribution in [3.05, 3.63) is 36.3 Å². The van der Waals surface area contributed by atoms with Crippen molar-refractivity contribution in [2.75, 3.05) is 0 Å². The van der Waals surface area contributed by atoms with E-state index in [0.717, 1.165) is 15.7 Å². The fourth-order valence-corrected chi connectivity index (χ4v) is 2.01. The normalized spacial score (nSPS) is 12.7. The molecule has 0 amide bonds. The van der Waals surface area contributed by atoms with Crippen LogP contribution in [-0.2, 0) is 7.05 Å². The molecule has 0 spiro atoms. The summed E-state index contributed by atoms with van der Waals surface area (Å²) in [6.07, 6.45) is 5.51. The highest BCUT2D eigenvalue weighted by atomic mass is 32.2. The number of aryl methyl sites for hydroxylation is 1. The largest absolute Gasteiger partial charge is 0.329 e. The molecule has 2 aromatic heterocycles. The molecule has 2 rings (SSSR count). The zero-order valence-corrected chi connectivity index (χ0v) is 10.1. The summed E-state index contributed by atoms with van der Waals surface area (Å²) in [6, 6.07) is 4.00. The van der Waals surface area contributed by atoms with Crippen molar-refractivity contribution in [3.8, 4) is 0 Å². The minimum atomic E-state index is 0.0275. The van der Waals surface area contributed by atoms with E-state index in [1.807, 2.05) is 43.1 Å². The molecule has 0 aromatic carbocycles. The highest BCUT2D eigenvalue weighted by molar-refractivity contribution is 7.99. The molecule has 0 aliphatic carbocycles. The predicted octanol–water partition coefficient (Wildman–Crippen LogP) is 1.99. The molecule has 0 saturated carbocycles. The van der Waals surface area contributed by atoms with Gasteiger partial charge in [-0.25, -0.2) is 9.97 Å². The summed E-state index contributed by atoms with van der Waals surface area (Å²) in [5.74, 6) is 0. The summed E-state index contributed by atoms with van der Waals surface area (Å²) in [5, 5.41) is 1.86. The molecule has 84 valence electrons. The maximum atomic E-state index is 5.76. The van der Waals surface area contributed by atoms with Crippen molar-refractivity contribution in [1.29, 1.82) is 0 Å². The van der Waals surface area contributed by atoms with E-state index in [-0.39, 0.29) is 6.04 Å². The monoisotopic (exact) mass is 234 g/mol. The summed E-state index contributed by atoms with van der Waals surface area (Å²) < 4.78 is 1.96. The molecule has 0 radical (unpaired) electrons. The Bertz CT molecular complexity index is 461. The van der Waals surface area contributed by atoms with Crippen molar-refractivity contribution < 1.29 is 0 Å². The highest BCUT2D eigenvalue weighted by Gasteiger charge is 2.04. The van der Waals surface area contributed by atoms with Crippen LogP contribution >= 0.6 is 11.8 Å². The standard InChI is InChI=1S/C11H14N4S/c1-8(12)9-3-4-10(14-7-9)16-11-13-5-6-15(11)2/h3-8H,12H2,1-2H3/t8-/m1/s1. The lowest BCUT2D eigenvalue weighted by molar-refractivity contribution is 0.786. The lowest BCUT2D eigenvalue weighted by Crippen LogP contribution is -2.05. The zero-order chi connectivity index (χ0) is 11.5. The summed E-state index contributed by atoms with van der Waals surface area (Å²) in [4.78, 5) is 8.58. The van der Waals surface area contributed by atoms with E-state index >= 15 is 0 Å². The van der Waals surface area contributed by atoms with Gasteiger partial charge >= 0.3 is 0 Å². The van der Waals surface area contributed by atoms with Crippen LogP contribution in [-0.4, -0.2) is 14.5 Å². The average Bonchev–Trinajstić information content (AvgIpc) is 2.65. The molecule has 2 aromatic rings. The number of imidazole rings is 1. The first-order valence-corrected chi connectivity index (χ1v) is 5.85. The van der Waals surface area contributed by atoms with Crippen molar-refractivity contribution in [2.45, 2.75) is 23.1 Å². The van der Waals surface area contributed by atoms with Crippen LogP contribution < -0.4 is 5.73 Å². The van der Waals surface area contributed by atoms with Gasteiger partial charge in [-0.3, -0.25) is 0 Å². The molecule has 2 heterocycles. The first-order chi connectivity index (χ1) is 7.66. The molecular formula is C11H14N4S. The molecule has 2 N–H and O–H groups in total. The number of hydrogen-bond acceptors (Lipinski definition) is 4. The number of nitrogens with two attached hydrogens (primary N) is 1. The number of rotatable bonds is 3. The third kappa shape index (κ3) is 2.43. The molecular weight excluding hydrogens is 220 g/mol. The first-order valence-electron chi connectivity index (χ1n) is 5.03. The summed E-state index contributed by atoms with van der Waals surface area (Å²) in [5.41, 5.74) is 6.81. The van der Waals surface area contributed by atoms with E-state index < -0.39 is 0 Å². The summed E-state index contributed by atoms with van der Waals surface area (Å²) in [7, 11) is 1.96. The van der Waals surface area contributed by atoms with Gasteiger partial charge in [-0.2, -0.15) is 0 Å². The Morgan fingerprint density at radius 3 is 2.69 bits per heavy atom. The van der Waals surface area contributed by atoms with Crippen molar-refractivity contribution in [3.63, 3.8) is 0 Å². The smallest absolute Gasteiger partial charge is 0.174 e. The Hall–Kier alpha value is -1.33. The van der Waals surface area contributed by atoms with E-state index in [4.69, 9.17) is 5.73 Å². The van der Waals surface area contributed by atoms with Crippen LogP contribution in [0.3, 0.4) is 0 Å². The first kappa shape index (κ1) is 11.2. The van der Waals surface area contributed by atoms with Crippen LogP contribution in [0.25, 0.3) is 0 Å². The van der Waals surface area contributed by atoms with Crippen molar-refractivity contribution in [2.24, 2.45) is 12.8 Å². The van der Waals surface area contributed by atoms with Crippen LogP contribution in [0.2, 0.25) is 0 Å². The summed E-state index contributed by atoms with van der Waals surface area (Å²) >= 11 is 1.54. The molecule has 0 bridgehead atoms. The number of aromatic nitrogens is 3. The van der Waals surface area contributed by atoms with E-state index in [9.17, 15) is 0 Å². The maximum Gasteiger partial charge on any atom is 0.174 e. The molecule has 1 atom stereocenters. The van der Waals surface area contributed by atoms with Gasteiger partial charge in [0, 0.05) is 31.7 Å². The van der Waals surface area contributed by atoms with Gasteiger partial charge in [-0.05, 0) is 30.3 Å². The predicted molar refractivity (Wildman–Crippen MR) is 64.2 cm³/mol. The maximum absolute atomic E-state index is 5.76. The van der Waals surface area contributed by atoms with Crippen molar-refractivity contribution in [1.82, 2.24) is 14.5 Å². The van der Waals surface area contributed by atoms with E-state index in [2.05, 4.69) is 9.97 Å². The molecule has 0 saturated heterocycles. The molecule has 0 unspecified atom stereocenters. The minimum absolute atomic E-state index is 0.0275. The Labute approximate surface area is 98.9 Å². The van der Waals surface area contributed by atoms with Crippen molar-refractivity contribution >= 4 is 11.8 Å². The second-order valence-electron chi connectivity index (χ2n) is 3.64. The molecule has 16 heavy (non-hydrogen) atoms. The van der Waals surface area contributed by atoms with Gasteiger partial charge < -0.3 is 10.3 Å². The fourth-order valence-electron chi connectivity index (χ4n) is 1.27. The van der Waals surface area contributed by atoms with E-state index in [0.29, 0.717) is 0 Å². The van der Waals surface area contributed by atoms with Crippen LogP contribution in [0.4, 0.5) is 0 Å². The van der Waals surface area contributed by atoms with Gasteiger partial charge in [0.1, 0.15) is 5.03 Å². The lowest BCUT2D eigenvalue weighted by atomic mass is 10.2. The van der Waals surface area contributed by atoms with Crippen LogP contribution in [0.5, 0.6) is 0 Å². The van der Waals surface area contributed by atoms with Gasteiger partial charge in [-0.15, -0.1) is 0 Å². The fraction of sp³-hybridized carbons (Fsp3) is 0.273. The summed E-state index contributed by atoms with van der Waals surface area (Å²) in [6.45, 7) is 1.95. The number of hydrogen-bond donors (Lipinski definition) is 1. The average molecular weight is 234 g/mol. The SMILES string of the molecule is C[C@@H](N)c1ccc(Sc2nccn2C)nc1. The van der Waals surface area contributed by atoms with Gasteiger partial charge in [0.2, 0.25) is 0 Å². The topological polar surface area (TPSA) is 56.7 Å². The number of pyridine rings is 1. The Balaban J connectivity index is 2.14. The molecule has 0 aliphatic heterocycles. The van der Waals surface area contributed by atoms with Crippen LogP contribution in [0.15, 0.2) is 40.9 Å². The zero-order valence-electron chi connectivity index (χ0n) is 9.29. The minimum Gasteiger partial charge on any atom is -0.329 e. The second-order valence-corrected chi connectivity index (χ2v) is 4.63. The quantitative estimate of drug-likeness (QED) is 0.882. The van der Waals surface area contributed by atoms with E-state index in [1.54, 1.807) is 18.0 Å². The lowest BCUT2D eigenvalue weighted by Gasteiger charge is -2.05. The van der Waals surface area contributed by atoms with Gasteiger partial charge in [0.05, 0.1) is 0 Å². The van der Waals surface area contributed by atoms with Gasteiger partial charge in [-0.1, -0.05) is 6.07 Å². The molecule has 4 nitrogen and oxygen atoms in total. The Kier molecular flexibility index (Phi) is 3.26. The van der Waals surface area contributed by atoms with Crippen LogP contribution in [0.1, 0.15) is 18.5 Å². The Morgan fingerprint density at radius 2 is 2.19 bits per heavy atom. The molecule has 0 aliphatic rings. The molecule has 5 heteroatoms. The van der Waals surface area contributed by atoms with Crippen LogP contribution in [0, 0.1) is 0 Å².